The van der Waals surface area contributed by atoms with Crippen LogP contribution < -0.4 is 0 Å². The van der Waals surface area contributed by atoms with E-state index < -0.39 is 0 Å². The number of hydrogen-bond acceptors (Lipinski definition) is 3. The quantitative estimate of drug-likeness (QED) is 0.799. The van der Waals surface area contributed by atoms with Gasteiger partial charge in [0.15, 0.2) is 0 Å². The van der Waals surface area contributed by atoms with Crippen molar-refractivity contribution in [3.8, 4) is 0 Å². The lowest BCUT2D eigenvalue weighted by Crippen LogP contribution is -2.35. The summed E-state index contributed by atoms with van der Waals surface area (Å²) in [7, 11) is 0. The van der Waals surface area contributed by atoms with Gasteiger partial charge in [0.05, 0.1) is 11.2 Å². The summed E-state index contributed by atoms with van der Waals surface area (Å²) in [6.07, 6.45) is 4.53. The Hall–Kier alpha value is -0.420. The van der Waals surface area contributed by atoms with Crippen LogP contribution in [-0.2, 0) is 0 Å². The number of likely N-dealkylation sites (tertiary alicyclic amines) is 1. The highest BCUT2D eigenvalue weighted by atomic mass is 79.9. The zero-order valence-corrected chi connectivity index (χ0v) is 12.4. The molecule has 0 aromatic carbocycles. The first-order valence-electron chi connectivity index (χ1n) is 6.01. The second kappa shape index (κ2) is 5.96. The first-order valence-corrected chi connectivity index (χ1v) is 8.01. The molecule has 17 heavy (non-hydrogen) atoms. The van der Waals surface area contributed by atoms with Gasteiger partial charge in [-0.2, -0.15) is 0 Å². The van der Waals surface area contributed by atoms with Gasteiger partial charge < -0.3 is 4.90 Å². The number of aryl methyl sites for hydroxylation is 1. The molecule has 3 nitrogen and oxygen atoms in total. The highest BCUT2D eigenvalue weighted by Crippen LogP contribution is 2.25. The van der Waals surface area contributed by atoms with E-state index in [0.717, 1.165) is 48.1 Å². The summed E-state index contributed by atoms with van der Waals surface area (Å²) in [5.41, 5.74) is 2.62. The number of aromatic nitrogens is 1. The van der Waals surface area contributed by atoms with Crippen LogP contribution in [0.4, 0.5) is 0 Å². The minimum Gasteiger partial charge on any atom is -0.335 e. The SMILES string of the molecule is Cc1ncsc1C(=O)N1CCCC1CCCBr. The van der Waals surface area contributed by atoms with E-state index in [2.05, 4.69) is 20.9 Å². The Morgan fingerprint density at radius 2 is 2.53 bits per heavy atom. The smallest absolute Gasteiger partial charge is 0.266 e. The van der Waals surface area contributed by atoms with Crippen LogP contribution in [0.2, 0.25) is 0 Å². The number of rotatable bonds is 4. The van der Waals surface area contributed by atoms with E-state index in [1.807, 2.05) is 11.8 Å². The van der Waals surface area contributed by atoms with Gasteiger partial charge in [0.2, 0.25) is 0 Å². The van der Waals surface area contributed by atoms with E-state index in [1.165, 1.54) is 11.3 Å². The van der Waals surface area contributed by atoms with E-state index in [0.29, 0.717) is 6.04 Å². The molecule has 1 aliphatic rings. The van der Waals surface area contributed by atoms with Gasteiger partial charge in [-0.25, -0.2) is 4.98 Å². The molecule has 94 valence electrons. The molecule has 1 aromatic rings. The van der Waals surface area contributed by atoms with Crippen LogP contribution in [0.25, 0.3) is 0 Å². The molecule has 2 heterocycles. The van der Waals surface area contributed by atoms with Gasteiger partial charge in [0, 0.05) is 17.9 Å². The van der Waals surface area contributed by atoms with Gasteiger partial charge in [-0.1, -0.05) is 15.9 Å². The fourth-order valence-corrected chi connectivity index (χ4v) is 3.43. The fourth-order valence-electron chi connectivity index (χ4n) is 2.35. The zero-order valence-electron chi connectivity index (χ0n) is 9.99. The van der Waals surface area contributed by atoms with Crippen LogP contribution in [-0.4, -0.2) is 33.7 Å². The summed E-state index contributed by atoms with van der Waals surface area (Å²) in [5.74, 6) is 0.182. The summed E-state index contributed by atoms with van der Waals surface area (Å²) in [4.78, 5) is 19.4. The number of thiazole rings is 1. The molecule has 2 rings (SSSR count). The Morgan fingerprint density at radius 1 is 1.71 bits per heavy atom. The van der Waals surface area contributed by atoms with Gasteiger partial charge in [0.25, 0.3) is 5.91 Å². The van der Waals surface area contributed by atoms with Crippen molar-refractivity contribution in [2.75, 3.05) is 11.9 Å². The molecule has 1 unspecified atom stereocenters. The van der Waals surface area contributed by atoms with Crippen molar-refractivity contribution in [1.82, 2.24) is 9.88 Å². The lowest BCUT2D eigenvalue weighted by Gasteiger charge is -2.24. The minimum atomic E-state index is 0.182. The number of hydrogen-bond donors (Lipinski definition) is 0. The molecule has 1 atom stereocenters. The molecule has 0 N–H and O–H groups in total. The predicted octanol–water partition coefficient (Wildman–Crippen LogP) is 3.23. The van der Waals surface area contributed by atoms with Gasteiger partial charge >= 0.3 is 0 Å². The molecule has 0 radical (unpaired) electrons. The maximum Gasteiger partial charge on any atom is 0.266 e. The molecular weight excluding hydrogens is 300 g/mol. The maximum atomic E-state index is 12.4. The molecule has 0 aliphatic carbocycles. The van der Waals surface area contributed by atoms with Crippen LogP contribution in [0.1, 0.15) is 41.0 Å². The van der Waals surface area contributed by atoms with Crippen molar-refractivity contribution >= 4 is 33.2 Å². The Bertz CT molecular complexity index is 394. The van der Waals surface area contributed by atoms with Crippen molar-refractivity contribution in [2.24, 2.45) is 0 Å². The van der Waals surface area contributed by atoms with E-state index >= 15 is 0 Å². The third-order valence-corrected chi connectivity index (χ3v) is 4.73. The molecule has 1 saturated heterocycles. The molecule has 1 aromatic heterocycles. The predicted molar refractivity (Wildman–Crippen MR) is 73.9 cm³/mol. The first kappa shape index (κ1) is 13.0. The highest BCUT2D eigenvalue weighted by Gasteiger charge is 2.30. The molecular formula is C12H17BrN2OS. The molecule has 0 spiro atoms. The Kier molecular flexibility index (Phi) is 4.56. The summed E-state index contributed by atoms with van der Waals surface area (Å²) in [6, 6.07) is 0.432. The molecule has 0 bridgehead atoms. The molecule has 1 fully saturated rings. The standard InChI is InChI=1S/C12H17BrN2OS/c1-9-11(17-8-14-9)12(16)15-7-3-5-10(15)4-2-6-13/h8,10H,2-7H2,1H3. The lowest BCUT2D eigenvalue weighted by molar-refractivity contribution is 0.0734. The third kappa shape index (κ3) is 2.88. The zero-order chi connectivity index (χ0) is 12.3. The fraction of sp³-hybridized carbons (Fsp3) is 0.667. The van der Waals surface area contributed by atoms with Crippen LogP contribution in [0.3, 0.4) is 0 Å². The largest absolute Gasteiger partial charge is 0.335 e. The van der Waals surface area contributed by atoms with E-state index in [4.69, 9.17) is 0 Å². The monoisotopic (exact) mass is 316 g/mol. The van der Waals surface area contributed by atoms with Gasteiger partial charge in [-0.15, -0.1) is 11.3 Å². The molecule has 1 aliphatic heterocycles. The Morgan fingerprint density at radius 3 is 3.18 bits per heavy atom. The Labute approximate surface area is 114 Å². The average molecular weight is 317 g/mol. The molecule has 5 heteroatoms. The maximum absolute atomic E-state index is 12.4. The van der Waals surface area contributed by atoms with Crippen molar-refractivity contribution in [3.63, 3.8) is 0 Å². The van der Waals surface area contributed by atoms with Gasteiger partial charge in [-0.3, -0.25) is 4.79 Å². The average Bonchev–Trinajstić information content (AvgIpc) is 2.94. The van der Waals surface area contributed by atoms with Crippen molar-refractivity contribution in [2.45, 2.75) is 38.6 Å². The summed E-state index contributed by atoms with van der Waals surface area (Å²) in [5, 5.41) is 1.02. The van der Waals surface area contributed by atoms with Crippen LogP contribution >= 0.6 is 27.3 Å². The van der Waals surface area contributed by atoms with E-state index in [9.17, 15) is 4.79 Å². The highest BCUT2D eigenvalue weighted by molar-refractivity contribution is 9.09. The number of nitrogens with zero attached hydrogens (tertiary/aromatic N) is 2. The summed E-state index contributed by atoms with van der Waals surface area (Å²) >= 11 is 4.91. The third-order valence-electron chi connectivity index (χ3n) is 3.25. The minimum absolute atomic E-state index is 0.182. The first-order chi connectivity index (χ1) is 8.24. The van der Waals surface area contributed by atoms with Crippen molar-refractivity contribution in [1.29, 1.82) is 0 Å². The number of carbonyl (C=O) groups is 1. The number of amides is 1. The summed E-state index contributed by atoms with van der Waals surface area (Å²) < 4.78 is 0. The topological polar surface area (TPSA) is 33.2 Å². The summed E-state index contributed by atoms with van der Waals surface area (Å²) in [6.45, 7) is 2.82. The van der Waals surface area contributed by atoms with Crippen molar-refractivity contribution in [3.05, 3.63) is 16.1 Å². The second-order valence-electron chi connectivity index (χ2n) is 4.39. The van der Waals surface area contributed by atoms with Crippen molar-refractivity contribution < 1.29 is 4.79 Å². The number of halogens is 1. The second-order valence-corrected chi connectivity index (χ2v) is 6.04. The Balaban J connectivity index is 2.06. The van der Waals surface area contributed by atoms with Gasteiger partial charge in [0.1, 0.15) is 4.88 Å². The van der Waals surface area contributed by atoms with Gasteiger partial charge in [-0.05, 0) is 32.6 Å². The number of carbonyl (C=O) groups excluding carboxylic acids is 1. The molecule has 1 amide bonds. The van der Waals surface area contributed by atoms with Crippen LogP contribution in [0.15, 0.2) is 5.51 Å². The van der Waals surface area contributed by atoms with Crippen LogP contribution in [0, 0.1) is 6.92 Å². The van der Waals surface area contributed by atoms with Crippen LogP contribution in [0.5, 0.6) is 0 Å². The molecule has 0 saturated carbocycles. The number of alkyl halides is 1. The normalized spacial score (nSPS) is 19.9. The van der Waals surface area contributed by atoms with E-state index in [1.54, 1.807) is 5.51 Å². The lowest BCUT2D eigenvalue weighted by atomic mass is 10.1. The van der Waals surface area contributed by atoms with E-state index in [-0.39, 0.29) is 5.91 Å².